The van der Waals surface area contributed by atoms with Crippen molar-refractivity contribution < 1.29 is 22.0 Å². The molecule has 0 fully saturated rings. The third-order valence-corrected chi connectivity index (χ3v) is 6.67. The molecule has 0 atom stereocenters. The van der Waals surface area contributed by atoms with E-state index >= 15 is 0 Å². The van der Waals surface area contributed by atoms with Crippen LogP contribution >= 0.6 is 0 Å². The zero-order valence-electron chi connectivity index (χ0n) is 16.5. The molecule has 31 heavy (non-hydrogen) atoms. The summed E-state index contributed by atoms with van der Waals surface area (Å²) < 4.78 is 52.3. The molecule has 0 saturated carbocycles. The maximum Gasteiger partial charge on any atom is 0.252 e. The number of methoxy groups -OCH3 is 1. The second-order valence-corrected chi connectivity index (χ2v) is 8.77. The first-order valence-corrected chi connectivity index (χ1v) is 10.8. The SMILES string of the molecule is COc1ccc2cc(CN(Cc3ccco3)S(=O)(=O)c3ccccc3F)c(=O)[nH]c2c1. The Labute approximate surface area is 177 Å². The largest absolute Gasteiger partial charge is 0.497 e. The molecule has 0 spiro atoms. The number of ether oxygens (including phenoxy) is 1. The number of furan rings is 1. The zero-order valence-corrected chi connectivity index (χ0v) is 17.4. The van der Waals surface area contributed by atoms with E-state index in [4.69, 9.17) is 9.15 Å². The highest BCUT2D eigenvalue weighted by molar-refractivity contribution is 7.89. The number of nitrogens with zero attached hydrogens (tertiary/aromatic N) is 1. The van der Waals surface area contributed by atoms with E-state index in [2.05, 4.69) is 4.98 Å². The van der Waals surface area contributed by atoms with Crippen molar-refractivity contribution in [1.29, 1.82) is 0 Å². The number of fused-ring (bicyclic) bond motifs is 1. The molecule has 9 heteroatoms. The van der Waals surface area contributed by atoms with Gasteiger partial charge in [0.05, 0.1) is 25.4 Å². The van der Waals surface area contributed by atoms with Gasteiger partial charge < -0.3 is 14.1 Å². The van der Waals surface area contributed by atoms with Crippen LogP contribution in [-0.4, -0.2) is 24.8 Å². The third-order valence-electron chi connectivity index (χ3n) is 4.84. The summed E-state index contributed by atoms with van der Waals surface area (Å²) in [6, 6.07) is 15.1. The molecule has 0 bridgehead atoms. The summed E-state index contributed by atoms with van der Waals surface area (Å²) in [6.07, 6.45) is 1.42. The Kier molecular flexibility index (Phi) is 5.62. The fraction of sp³-hybridized carbons (Fsp3) is 0.136. The fourth-order valence-corrected chi connectivity index (χ4v) is 4.70. The Morgan fingerprint density at radius 3 is 2.58 bits per heavy atom. The molecule has 0 radical (unpaired) electrons. The average molecular weight is 442 g/mol. The number of aromatic amines is 1. The number of aromatic nitrogens is 1. The summed E-state index contributed by atoms with van der Waals surface area (Å²) in [5.41, 5.74) is 0.320. The summed E-state index contributed by atoms with van der Waals surface area (Å²) in [7, 11) is -2.74. The van der Waals surface area contributed by atoms with Gasteiger partial charge in [0.1, 0.15) is 22.2 Å². The third kappa shape index (κ3) is 4.23. The molecule has 0 amide bonds. The quantitative estimate of drug-likeness (QED) is 0.472. The molecule has 7 nitrogen and oxygen atoms in total. The molecule has 0 aliphatic carbocycles. The Morgan fingerprint density at radius 1 is 1.06 bits per heavy atom. The van der Waals surface area contributed by atoms with Crippen molar-refractivity contribution >= 4 is 20.9 Å². The van der Waals surface area contributed by atoms with Crippen molar-refractivity contribution in [1.82, 2.24) is 9.29 Å². The van der Waals surface area contributed by atoms with E-state index in [0.29, 0.717) is 22.4 Å². The van der Waals surface area contributed by atoms with E-state index in [0.717, 1.165) is 10.4 Å². The highest BCUT2D eigenvalue weighted by Gasteiger charge is 2.29. The van der Waals surface area contributed by atoms with Crippen LogP contribution < -0.4 is 10.3 Å². The molecule has 0 unspecified atom stereocenters. The molecule has 0 aliphatic rings. The van der Waals surface area contributed by atoms with Crippen LogP contribution in [0.3, 0.4) is 0 Å². The second kappa shape index (κ2) is 8.37. The molecular weight excluding hydrogens is 423 g/mol. The van der Waals surface area contributed by atoms with Crippen LogP contribution in [0.15, 0.2) is 81.0 Å². The van der Waals surface area contributed by atoms with Crippen molar-refractivity contribution in [2.75, 3.05) is 7.11 Å². The lowest BCUT2D eigenvalue weighted by atomic mass is 10.1. The zero-order chi connectivity index (χ0) is 22.0. The van der Waals surface area contributed by atoms with Gasteiger partial charge in [-0.3, -0.25) is 4.79 Å². The minimum atomic E-state index is -4.26. The lowest BCUT2D eigenvalue weighted by molar-refractivity contribution is 0.356. The van der Waals surface area contributed by atoms with Gasteiger partial charge in [-0.25, -0.2) is 12.8 Å². The van der Waals surface area contributed by atoms with Crippen molar-refractivity contribution in [3.8, 4) is 5.75 Å². The number of hydrogen-bond acceptors (Lipinski definition) is 5. The van der Waals surface area contributed by atoms with Gasteiger partial charge in [-0.1, -0.05) is 12.1 Å². The summed E-state index contributed by atoms with van der Waals surface area (Å²) in [4.78, 5) is 15.0. The van der Waals surface area contributed by atoms with Gasteiger partial charge in [-0.15, -0.1) is 0 Å². The number of halogens is 1. The Bertz CT molecular complexity index is 1380. The normalized spacial score (nSPS) is 11.8. The molecule has 1 N–H and O–H groups in total. The van der Waals surface area contributed by atoms with Crippen LogP contribution in [0.25, 0.3) is 10.9 Å². The minimum absolute atomic E-state index is 0.163. The van der Waals surface area contributed by atoms with Crippen molar-refractivity contribution in [2.45, 2.75) is 18.0 Å². The number of hydrogen-bond donors (Lipinski definition) is 1. The minimum Gasteiger partial charge on any atom is -0.497 e. The van der Waals surface area contributed by atoms with Gasteiger partial charge in [-0.05, 0) is 47.9 Å². The molecule has 2 aromatic heterocycles. The Hall–Kier alpha value is -3.43. The van der Waals surface area contributed by atoms with E-state index < -0.39 is 26.3 Å². The van der Waals surface area contributed by atoms with Crippen LogP contribution in [0.1, 0.15) is 11.3 Å². The van der Waals surface area contributed by atoms with Gasteiger partial charge in [0, 0.05) is 18.2 Å². The molecule has 4 rings (SSSR count). The van der Waals surface area contributed by atoms with E-state index in [1.165, 1.54) is 31.6 Å². The monoisotopic (exact) mass is 442 g/mol. The van der Waals surface area contributed by atoms with Gasteiger partial charge in [0.15, 0.2) is 0 Å². The summed E-state index contributed by atoms with van der Waals surface area (Å²) in [5, 5.41) is 0.705. The van der Waals surface area contributed by atoms with Crippen LogP contribution in [0.2, 0.25) is 0 Å². The Balaban J connectivity index is 1.77. The van der Waals surface area contributed by atoms with E-state index in [1.807, 2.05) is 0 Å². The Morgan fingerprint density at radius 2 is 1.87 bits per heavy atom. The summed E-state index contributed by atoms with van der Waals surface area (Å²) in [6.45, 7) is -0.432. The van der Waals surface area contributed by atoms with Gasteiger partial charge in [-0.2, -0.15) is 4.31 Å². The first-order valence-electron chi connectivity index (χ1n) is 9.35. The molecule has 4 aromatic rings. The molecule has 2 heterocycles. The second-order valence-electron chi connectivity index (χ2n) is 6.86. The van der Waals surface area contributed by atoms with Crippen LogP contribution in [0.4, 0.5) is 4.39 Å². The highest BCUT2D eigenvalue weighted by Crippen LogP contribution is 2.24. The number of H-pyrrole nitrogens is 1. The lowest BCUT2D eigenvalue weighted by Crippen LogP contribution is -2.33. The molecule has 0 saturated heterocycles. The van der Waals surface area contributed by atoms with Crippen LogP contribution in [0.5, 0.6) is 5.75 Å². The number of nitrogens with one attached hydrogen (secondary N) is 1. The average Bonchev–Trinajstić information content (AvgIpc) is 3.26. The first-order chi connectivity index (χ1) is 14.9. The standard InChI is InChI=1S/C22H19FN2O5S/c1-29-17-9-8-15-11-16(22(26)24-20(15)12-17)13-25(14-18-5-4-10-30-18)31(27,28)21-7-3-2-6-19(21)23/h2-12H,13-14H2,1H3,(H,24,26). The van der Waals surface area contributed by atoms with Crippen LogP contribution in [0, 0.1) is 5.82 Å². The number of rotatable bonds is 7. The molecule has 0 aliphatic heterocycles. The summed E-state index contributed by atoms with van der Waals surface area (Å²) >= 11 is 0. The van der Waals surface area contributed by atoms with Crippen molar-refractivity contribution in [3.05, 3.63) is 94.4 Å². The van der Waals surface area contributed by atoms with Crippen LogP contribution in [-0.2, 0) is 23.1 Å². The van der Waals surface area contributed by atoms with Crippen molar-refractivity contribution in [2.24, 2.45) is 0 Å². The number of benzene rings is 2. The topological polar surface area (TPSA) is 92.6 Å². The van der Waals surface area contributed by atoms with Crippen molar-refractivity contribution in [3.63, 3.8) is 0 Å². The fourth-order valence-electron chi connectivity index (χ4n) is 3.26. The van der Waals surface area contributed by atoms with E-state index in [1.54, 1.807) is 36.4 Å². The number of sulfonamides is 1. The highest BCUT2D eigenvalue weighted by atomic mass is 32.2. The predicted octanol–water partition coefficient (Wildman–Crippen LogP) is 3.66. The predicted molar refractivity (Wildman–Crippen MR) is 113 cm³/mol. The molecular formula is C22H19FN2O5S. The van der Waals surface area contributed by atoms with Gasteiger partial charge in [0.25, 0.3) is 5.56 Å². The molecule has 160 valence electrons. The first kappa shape index (κ1) is 20.8. The number of pyridine rings is 1. The maximum absolute atomic E-state index is 14.3. The van der Waals surface area contributed by atoms with Gasteiger partial charge in [0.2, 0.25) is 10.0 Å². The molecule has 2 aromatic carbocycles. The van der Waals surface area contributed by atoms with Gasteiger partial charge >= 0.3 is 0 Å². The van der Waals surface area contributed by atoms with E-state index in [-0.39, 0.29) is 18.7 Å². The summed E-state index contributed by atoms with van der Waals surface area (Å²) in [5.74, 6) is 0.0748. The lowest BCUT2D eigenvalue weighted by Gasteiger charge is -2.21. The smallest absolute Gasteiger partial charge is 0.252 e. The van der Waals surface area contributed by atoms with E-state index in [9.17, 15) is 17.6 Å². The maximum atomic E-state index is 14.3.